The van der Waals surface area contributed by atoms with Crippen LogP contribution in [0.4, 0.5) is 11.6 Å². The molecule has 0 amide bonds. The van der Waals surface area contributed by atoms with Crippen LogP contribution in [0.1, 0.15) is 5.56 Å². The molecule has 0 aliphatic heterocycles. The van der Waals surface area contributed by atoms with Crippen LogP contribution in [0.25, 0.3) is 28.2 Å². The zero-order chi connectivity index (χ0) is 19.0. The summed E-state index contributed by atoms with van der Waals surface area (Å²) in [6, 6.07) is 15.7. The van der Waals surface area contributed by atoms with Crippen molar-refractivity contribution in [1.82, 2.24) is 19.5 Å². The second-order valence-corrected chi connectivity index (χ2v) is 6.68. The van der Waals surface area contributed by atoms with Crippen molar-refractivity contribution in [1.29, 1.82) is 0 Å². The van der Waals surface area contributed by atoms with E-state index >= 15 is 0 Å². The van der Waals surface area contributed by atoms with Crippen molar-refractivity contribution < 1.29 is 0 Å². The Morgan fingerprint density at radius 3 is 2.48 bits per heavy atom. The van der Waals surface area contributed by atoms with Crippen LogP contribution in [0.15, 0.2) is 54.7 Å². The lowest BCUT2D eigenvalue weighted by Crippen LogP contribution is -2.11. The van der Waals surface area contributed by atoms with Gasteiger partial charge in [0.05, 0.1) is 5.56 Å². The molecule has 3 heterocycles. The molecule has 0 bridgehead atoms. The minimum absolute atomic E-state index is 0.430. The molecule has 3 aromatic heterocycles. The first-order chi connectivity index (χ1) is 13.1. The Hall–Kier alpha value is -3.12. The third kappa shape index (κ3) is 3.08. The maximum Gasteiger partial charge on any atom is 0.167 e. The summed E-state index contributed by atoms with van der Waals surface area (Å²) >= 11 is 5.94. The predicted molar refractivity (Wildman–Crippen MR) is 110 cm³/mol. The fourth-order valence-corrected chi connectivity index (χ4v) is 3.14. The third-order valence-electron chi connectivity index (χ3n) is 4.38. The van der Waals surface area contributed by atoms with Gasteiger partial charge >= 0.3 is 0 Å². The molecule has 1 aromatic carbocycles. The first kappa shape index (κ1) is 17.3. The van der Waals surface area contributed by atoms with Gasteiger partial charge in [0.1, 0.15) is 17.2 Å². The number of benzene rings is 1. The summed E-state index contributed by atoms with van der Waals surface area (Å²) in [5, 5.41) is 0. The number of rotatable bonds is 4. The first-order valence-corrected chi connectivity index (χ1v) is 9.05. The highest BCUT2D eigenvalue weighted by Gasteiger charge is 2.18. The van der Waals surface area contributed by atoms with Crippen molar-refractivity contribution in [3.05, 3.63) is 60.3 Å². The number of hydrogen-bond acceptors (Lipinski definition) is 5. The van der Waals surface area contributed by atoms with Crippen LogP contribution in [0.2, 0.25) is 0 Å². The highest BCUT2D eigenvalue weighted by Crippen LogP contribution is 2.31. The van der Waals surface area contributed by atoms with E-state index in [2.05, 4.69) is 4.98 Å². The van der Waals surface area contributed by atoms with Crippen molar-refractivity contribution in [2.45, 2.75) is 5.88 Å². The number of nitrogens with zero attached hydrogens (tertiary/aromatic N) is 5. The average Bonchev–Trinajstić information content (AvgIpc) is 3.06. The molecule has 27 heavy (non-hydrogen) atoms. The highest BCUT2D eigenvalue weighted by atomic mass is 35.5. The molecule has 0 fully saturated rings. The minimum Gasteiger partial charge on any atom is -0.383 e. The number of anilines is 2. The molecule has 0 saturated carbocycles. The van der Waals surface area contributed by atoms with E-state index < -0.39 is 0 Å². The number of imidazole rings is 1. The Balaban J connectivity index is 2.03. The Morgan fingerprint density at radius 1 is 1.04 bits per heavy atom. The molecule has 0 saturated heterocycles. The number of aromatic nitrogens is 4. The molecule has 0 atom stereocenters. The Kier molecular flexibility index (Phi) is 4.41. The summed E-state index contributed by atoms with van der Waals surface area (Å²) in [5.74, 6) is 2.46. The molecule has 6 nitrogen and oxygen atoms in total. The summed E-state index contributed by atoms with van der Waals surface area (Å²) in [4.78, 5) is 15.8. The summed E-state index contributed by atoms with van der Waals surface area (Å²) in [7, 11) is 3.92. The van der Waals surface area contributed by atoms with Gasteiger partial charge in [-0.15, -0.1) is 11.6 Å². The fourth-order valence-electron chi connectivity index (χ4n) is 2.96. The number of nitrogen functional groups attached to an aromatic ring is 1. The molecule has 0 aliphatic rings. The topological polar surface area (TPSA) is 72.9 Å². The average molecular weight is 379 g/mol. The number of fused-ring (bicyclic) bond motifs is 1. The van der Waals surface area contributed by atoms with Crippen molar-refractivity contribution in [3.63, 3.8) is 0 Å². The molecule has 0 unspecified atom stereocenters. The Labute approximate surface area is 162 Å². The number of halogens is 1. The van der Waals surface area contributed by atoms with Gasteiger partial charge in [-0.2, -0.15) is 0 Å². The van der Waals surface area contributed by atoms with Crippen LogP contribution in [0, 0.1) is 0 Å². The minimum atomic E-state index is 0.430. The molecule has 4 rings (SSSR count). The molecule has 4 aromatic rings. The lowest BCUT2D eigenvalue weighted by atomic mass is 10.2. The normalized spacial score (nSPS) is 11.1. The number of pyridine rings is 2. The molecule has 136 valence electrons. The molecule has 0 radical (unpaired) electrons. The van der Waals surface area contributed by atoms with Crippen molar-refractivity contribution in [3.8, 4) is 17.1 Å². The van der Waals surface area contributed by atoms with Gasteiger partial charge in [0.15, 0.2) is 11.5 Å². The number of nitrogens with two attached hydrogens (primary N) is 1. The molecule has 0 spiro atoms. The molecule has 7 heteroatoms. The van der Waals surface area contributed by atoms with Crippen LogP contribution in [0.5, 0.6) is 0 Å². The van der Waals surface area contributed by atoms with Crippen molar-refractivity contribution in [2.24, 2.45) is 0 Å². The van der Waals surface area contributed by atoms with E-state index in [0.29, 0.717) is 17.5 Å². The van der Waals surface area contributed by atoms with Gasteiger partial charge in [-0.3, -0.25) is 4.57 Å². The van der Waals surface area contributed by atoms with E-state index in [4.69, 9.17) is 27.3 Å². The molecular weight excluding hydrogens is 360 g/mol. The predicted octanol–water partition coefficient (Wildman–Crippen LogP) is 3.87. The van der Waals surface area contributed by atoms with Crippen molar-refractivity contribution >= 4 is 34.4 Å². The maximum atomic E-state index is 6.13. The lowest BCUT2D eigenvalue weighted by Gasteiger charge is -2.13. The van der Waals surface area contributed by atoms with Crippen LogP contribution in [-0.2, 0) is 5.88 Å². The van der Waals surface area contributed by atoms with E-state index in [-0.39, 0.29) is 0 Å². The summed E-state index contributed by atoms with van der Waals surface area (Å²) in [6.07, 6.45) is 1.67. The zero-order valence-electron chi connectivity index (χ0n) is 15.1. The van der Waals surface area contributed by atoms with Crippen LogP contribution in [0.3, 0.4) is 0 Å². The quantitative estimate of drug-likeness (QED) is 0.546. The maximum absolute atomic E-state index is 6.13. The van der Waals surface area contributed by atoms with Gasteiger partial charge in [-0.1, -0.05) is 12.1 Å². The Bertz CT molecular complexity index is 1100. The van der Waals surface area contributed by atoms with Gasteiger partial charge in [-0.25, -0.2) is 15.0 Å². The third-order valence-corrected chi connectivity index (χ3v) is 4.68. The second-order valence-electron chi connectivity index (χ2n) is 6.41. The molecule has 2 N–H and O–H groups in total. The Morgan fingerprint density at radius 2 is 1.81 bits per heavy atom. The standard InChI is InChI=1S/C20H19ClN6/c1-26(2)17-10-9-16-20(25-17)27(14-7-5-13(12-21)6-8-14)19(24-16)15-4-3-11-23-18(15)22/h3-11H,12H2,1-2H3,(H2,22,23). The van der Waals surface area contributed by atoms with E-state index in [1.165, 1.54) is 0 Å². The van der Waals surface area contributed by atoms with E-state index in [9.17, 15) is 0 Å². The monoisotopic (exact) mass is 378 g/mol. The van der Waals surface area contributed by atoms with Gasteiger partial charge in [-0.05, 0) is 42.0 Å². The highest BCUT2D eigenvalue weighted by molar-refractivity contribution is 6.17. The summed E-state index contributed by atoms with van der Waals surface area (Å²) < 4.78 is 2.01. The van der Waals surface area contributed by atoms with E-state index in [0.717, 1.165) is 33.8 Å². The molecular formula is C20H19ClN6. The van der Waals surface area contributed by atoms with Gasteiger partial charge in [0.2, 0.25) is 0 Å². The van der Waals surface area contributed by atoms with Crippen LogP contribution >= 0.6 is 11.6 Å². The van der Waals surface area contributed by atoms with Gasteiger partial charge in [0.25, 0.3) is 0 Å². The van der Waals surface area contributed by atoms with Crippen LogP contribution in [-0.4, -0.2) is 33.6 Å². The largest absolute Gasteiger partial charge is 0.383 e. The van der Waals surface area contributed by atoms with Crippen molar-refractivity contribution in [2.75, 3.05) is 24.7 Å². The fraction of sp³-hybridized carbons (Fsp3) is 0.150. The second kappa shape index (κ2) is 6.89. The van der Waals surface area contributed by atoms with E-state index in [1.807, 2.05) is 72.1 Å². The number of hydrogen-bond donors (Lipinski definition) is 1. The molecule has 0 aliphatic carbocycles. The first-order valence-electron chi connectivity index (χ1n) is 8.51. The zero-order valence-corrected chi connectivity index (χ0v) is 15.9. The lowest BCUT2D eigenvalue weighted by molar-refractivity contribution is 1.04. The van der Waals surface area contributed by atoms with E-state index in [1.54, 1.807) is 6.20 Å². The smallest absolute Gasteiger partial charge is 0.167 e. The SMILES string of the molecule is CN(C)c1ccc2nc(-c3cccnc3N)n(-c3ccc(CCl)cc3)c2n1. The summed E-state index contributed by atoms with van der Waals surface area (Å²) in [6.45, 7) is 0. The summed E-state index contributed by atoms with van der Waals surface area (Å²) in [5.41, 5.74) is 10.4. The van der Waals surface area contributed by atoms with Gasteiger partial charge in [0, 0.05) is 31.9 Å². The van der Waals surface area contributed by atoms with Gasteiger partial charge < -0.3 is 10.6 Å². The van der Waals surface area contributed by atoms with Crippen LogP contribution < -0.4 is 10.6 Å². The number of alkyl halides is 1.